The molecule has 0 spiro atoms. The van der Waals surface area contributed by atoms with Crippen LogP contribution in [0.5, 0.6) is 5.75 Å². The zero-order valence-corrected chi connectivity index (χ0v) is 25.0. The second kappa shape index (κ2) is 12.2. The van der Waals surface area contributed by atoms with Gasteiger partial charge in [0.05, 0.1) is 43.0 Å². The Labute approximate surface area is 253 Å². The van der Waals surface area contributed by atoms with Gasteiger partial charge in [-0.05, 0) is 36.8 Å². The number of aryl methyl sites for hydroxylation is 1. The average molecular weight is 640 g/mol. The van der Waals surface area contributed by atoms with Crippen LogP contribution in [0, 0.1) is 18.3 Å². The van der Waals surface area contributed by atoms with Crippen LogP contribution in [-0.2, 0) is 39.3 Å². The molecule has 3 aromatic carbocycles. The van der Waals surface area contributed by atoms with Crippen LogP contribution in [-0.4, -0.2) is 47.5 Å². The fourth-order valence-electron chi connectivity index (χ4n) is 4.58. The summed E-state index contributed by atoms with van der Waals surface area (Å²) in [5.74, 6) is -4.49. The Kier molecular flexibility index (Phi) is 8.81. The molecular weight excluding hydrogens is 614 g/mol. The Morgan fingerprint density at radius 2 is 1.55 bits per heavy atom. The molecule has 3 aromatic rings. The number of nitrogens with two attached hydrogens (primary N) is 1. The molecule has 0 bridgehead atoms. The third-order valence-electron chi connectivity index (χ3n) is 6.58. The predicted molar refractivity (Wildman–Crippen MR) is 155 cm³/mol. The highest BCUT2D eigenvalue weighted by Gasteiger charge is 2.44. The van der Waals surface area contributed by atoms with Gasteiger partial charge in [-0.3, -0.25) is 9.45 Å². The molecule has 1 heterocycles. The number of anilines is 1. The molecule has 13 nitrogen and oxygen atoms in total. The second-order valence-corrected chi connectivity index (χ2v) is 12.2. The topological polar surface area (TPSA) is 203 Å². The SMILES string of the molecule is COC(=O)C1=C(C(=O)OC)N(c2ccc(OS(=O)(=O)c3ccc(C)cc3)cc2S(=O)(=O)O)C(N)=C(C#N)C1c1ccccc1. The first-order valence-electron chi connectivity index (χ1n) is 12.5. The number of ether oxygens (including phenoxy) is 2. The van der Waals surface area contributed by atoms with E-state index in [2.05, 4.69) is 0 Å². The van der Waals surface area contributed by atoms with E-state index in [-0.39, 0.29) is 10.5 Å². The van der Waals surface area contributed by atoms with Crippen molar-refractivity contribution in [1.29, 1.82) is 5.26 Å². The first-order chi connectivity index (χ1) is 20.7. The molecule has 0 aliphatic carbocycles. The Morgan fingerprint density at radius 3 is 2.09 bits per heavy atom. The van der Waals surface area contributed by atoms with Crippen molar-refractivity contribution in [3.8, 4) is 11.8 Å². The molecule has 4 rings (SSSR count). The van der Waals surface area contributed by atoms with Crippen molar-refractivity contribution in [2.75, 3.05) is 19.1 Å². The number of carbonyl (C=O) groups is 2. The molecule has 0 aromatic heterocycles. The van der Waals surface area contributed by atoms with E-state index in [1.54, 1.807) is 37.3 Å². The van der Waals surface area contributed by atoms with E-state index in [9.17, 15) is 36.2 Å². The summed E-state index contributed by atoms with van der Waals surface area (Å²) in [6, 6.07) is 18.3. The lowest BCUT2D eigenvalue weighted by Gasteiger charge is -2.36. The minimum absolute atomic E-state index is 0.229. The summed E-state index contributed by atoms with van der Waals surface area (Å²) in [6.07, 6.45) is 0. The number of nitriles is 1. The number of nitrogens with zero attached hydrogens (tertiary/aromatic N) is 2. The van der Waals surface area contributed by atoms with Gasteiger partial charge in [-0.25, -0.2) is 9.59 Å². The molecule has 0 radical (unpaired) electrons. The van der Waals surface area contributed by atoms with Gasteiger partial charge in [0.15, 0.2) is 0 Å². The minimum atomic E-state index is -5.21. The van der Waals surface area contributed by atoms with Gasteiger partial charge in [0.2, 0.25) is 0 Å². The van der Waals surface area contributed by atoms with E-state index in [0.717, 1.165) is 36.8 Å². The van der Waals surface area contributed by atoms with E-state index in [0.29, 0.717) is 11.6 Å². The monoisotopic (exact) mass is 639 g/mol. The largest absolute Gasteiger partial charge is 0.466 e. The third kappa shape index (κ3) is 5.99. The highest BCUT2D eigenvalue weighted by atomic mass is 32.2. The zero-order chi connectivity index (χ0) is 32.4. The number of hydrogen-bond acceptors (Lipinski definition) is 12. The number of benzene rings is 3. The van der Waals surface area contributed by atoms with Crippen molar-refractivity contribution < 1.29 is 44.6 Å². The summed E-state index contributed by atoms with van der Waals surface area (Å²) in [5.41, 5.74) is 5.72. The number of methoxy groups -OCH3 is 2. The van der Waals surface area contributed by atoms with Crippen LogP contribution in [0.3, 0.4) is 0 Å². The standard InChI is InChI=1S/C29H25N3O10S2/c1-17-9-12-20(13-10-17)44(38,39)42-19-11-14-22(23(15-19)43(35,36)37)32-26(29(34)41-3)25(28(33)40-2)24(21(16-30)27(32)31)18-7-5-4-6-8-18/h4-15,24H,31H2,1-3H3,(H,35,36,37). The van der Waals surface area contributed by atoms with Gasteiger partial charge in [0.1, 0.15) is 27.1 Å². The number of carbonyl (C=O) groups excluding carboxylic acids is 2. The first kappa shape index (κ1) is 31.8. The van der Waals surface area contributed by atoms with Crippen LogP contribution in [0.2, 0.25) is 0 Å². The van der Waals surface area contributed by atoms with Gasteiger partial charge >= 0.3 is 22.1 Å². The van der Waals surface area contributed by atoms with Gasteiger partial charge in [0.25, 0.3) is 10.1 Å². The molecule has 1 unspecified atom stereocenters. The Bertz CT molecular complexity index is 1960. The van der Waals surface area contributed by atoms with Gasteiger partial charge in [-0.1, -0.05) is 48.0 Å². The van der Waals surface area contributed by atoms with Crippen LogP contribution < -0.4 is 14.8 Å². The Hall–Kier alpha value is -5.17. The number of hydrogen-bond donors (Lipinski definition) is 2. The maximum absolute atomic E-state index is 13.3. The van der Waals surface area contributed by atoms with Gasteiger partial charge in [-0.2, -0.15) is 22.1 Å². The van der Waals surface area contributed by atoms with E-state index in [1.165, 1.54) is 24.3 Å². The van der Waals surface area contributed by atoms with E-state index < -0.39 is 71.5 Å². The summed E-state index contributed by atoms with van der Waals surface area (Å²) in [4.78, 5) is 26.1. The van der Waals surface area contributed by atoms with Crippen LogP contribution in [0.4, 0.5) is 5.69 Å². The summed E-state index contributed by atoms with van der Waals surface area (Å²) in [7, 11) is -7.63. The highest BCUT2D eigenvalue weighted by Crippen LogP contribution is 2.45. The first-order valence-corrected chi connectivity index (χ1v) is 15.4. The molecule has 0 saturated carbocycles. The molecule has 44 heavy (non-hydrogen) atoms. The molecule has 1 aliphatic heterocycles. The van der Waals surface area contributed by atoms with Crippen LogP contribution in [0.1, 0.15) is 17.0 Å². The van der Waals surface area contributed by atoms with E-state index in [4.69, 9.17) is 19.4 Å². The van der Waals surface area contributed by atoms with Crippen molar-refractivity contribution in [1.82, 2.24) is 0 Å². The van der Waals surface area contributed by atoms with Gasteiger partial charge in [-0.15, -0.1) is 0 Å². The van der Waals surface area contributed by atoms with E-state index >= 15 is 0 Å². The Balaban J connectivity index is 2.00. The zero-order valence-electron chi connectivity index (χ0n) is 23.4. The molecular formula is C29H25N3O10S2. The quantitative estimate of drug-likeness (QED) is 0.207. The maximum Gasteiger partial charge on any atom is 0.355 e. The Morgan fingerprint density at radius 1 is 0.932 bits per heavy atom. The summed E-state index contributed by atoms with van der Waals surface area (Å²) in [5, 5.41) is 10.2. The van der Waals surface area contributed by atoms with Crippen molar-refractivity contribution in [2.45, 2.75) is 22.6 Å². The summed E-state index contributed by atoms with van der Waals surface area (Å²) >= 11 is 0. The number of esters is 2. The van der Waals surface area contributed by atoms with Crippen molar-refractivity contribution in [2.24, 2.45) is 5.73 Å². The molecule has 0 saturated heterocycles. The van der Waals surface area contributed by atoms with Crippen molar-refractivity contribution in [3.63, 3.8) is 0 Å². The minimum Gasteiger partial charge on any atom is -0.466 e. The number of allylic oxidation sites excluding steroid dienone is 1. The van der Waals surface area contributed by atoms with Crippen LogP contribution in [0.15, 0.2) is 105 Å². The molecule has 15 heteroatoms. The average Bonchev–Trinajstić information content (AvgIpc) is 2.99. The highest BCUT2D eigenvalue weighted by molar-refractivity contribution is 7.87. The summed E-state index contributed by atoms with van der Waals surface area (Å²) in [6.45, 7) is 1.75. The van der Waals surface area contributed by atoms with Crippen molar-refractivity contribution in [3.05, 3.63) is 107 Å². The lowest BCUT2D eigenvalue weighted by atomic mass is 9.81. The molecule has 1 aliphatic rings. The lowest BCUT2D eigenvalue weighted by molar-refractivity contribution is -0.139. The third-order valence-corrected chi connectivity index (χ3v) is 8.72. The number of rotatable bonds is 8. The van der Waals surface area contributed by atoms with E-state index in [1.807, 2.05) is 6.07 Å². The fraction of sp³-hybridized carbons (Fsp3) is 0.138. The summed E-state index contributed by atoms with van der Waals surface area (Å²) < 4.78 is 76.3. The molecule has 0 fully saturated rings. The molecule has 1 atom stereocenters. The van der Waals surface area contributed by atoms with Crippen molar-refractivity contribution >= 4 is 37.9 Å². The van der Waals surface area contributed by atoms with Gasteiger partial charge in [0, 0.05) is 6.07 Å². The smallest absolute Gasteiger partial charge is 0.355 e. The van der Waals surface area contributed by atoms with Gasteiger partial charge < -0.3 is 19.4 Å². The lowest BCUT2D eigenvalue weighted by Crippen LogP contribution is -2.41. The normalized spacial score (nSPS) is 15.4. The molecule has 0 amide bonds. The molecule has 3 N–H and O–H groups in total. The maximum atomic E-state index is 13.3. The fourth-order valence-corrected chi connectivity index (χ4v) is 6.19. The predicted octanol–water partition coefficient (Wildman–Crippen LogP) is 2.91. The van der Waals surface area contributed by atoms with Crippen LogP contribution >= 0.6 is 0 Å². The molecule has 228 valence electrons. The second-order valence-electron chi connectivity index (χ2n) is 9.29. The van der Waals surface area contributed by atoms with Crippen LogP contribution in [0.25, 0.3) is 0 Å².